The fourth-order valence-electron chi connectivity index (χ4n) is 5.10. The quantitative estimate of drug-likeness (QED) is 0.452. The van der Waals surface area contributed by atoms with E-state index in [0.29, 0.717) is 12.2 Å². The van der Waals surface area contributed by atoms with Gasteiger partial charge in [0, 0.05) is 17.9 Å². The maximum Gasteiger partial charge on any atom is 0.335 e. The fourth-order valence-corrected chi connectivity index (χ4v) is 6.48. The molecule has 1 atom stereocenters. The highest BCUT2D eigenvalue weighted by atomic mass is 32.2. The molecule has 4 nitrogen and oxygen atoms in total. The first-order valence-electron chi connectivity index (χ1n) is 12.1. The van der Waals surface area contributed by atoms with E-state index in [1.165, 1.54) is 36.0 Å². The molecule has 34 heavy (non-hydrogen) atoms. The van der Waals surface area contributed by atoms with E-state index in [9.17, 15) is 9.90 Å². The van der Waals surface area contributed by atoms with Crippen LogP contribution in [-0.2, 0) is 13.0 Å². The molecular formula is C29H31NO3S. The Bertz CT molecular complexity index is 1130. The van der Waals surface area contributed by atoms with E-state index in [1.807, 2.05) is 23.9 Å². The Kier molecular flexibility index (Phi) is 7.21. The van der Waals surface area contributed by atoms with Crippen molar-refractivity contribution in [1.29, 1.82) is 0 Å². The molecule has 1 fully saturated rings. The number of hydrogen-bond acceptors (Lipinski definition) is 4. The summed E-state index contributed by atoms with van der Waals surface area (Å²) >= 11 is 1.90. The molecule has 0 unspecified atom stereocenters. The first kappa shape index (κ1) is 23.0. The van der Waals surface area contributed by atoms with Crippen LogP contribution >= 0.6 is 11.8 Å². The zero-order chi connectivity index (χ0) is 23.3. The molecule has 5 heteroatoms. The Labute approximate surface area is 206 Å². The zero-order valence-electron chi connectivity index (χ0n) is 19.4. The van der Waals surface area contributed by atoms with Crippen molar-refractivity contribution in [2.24, 2.45) is 5.92 Å². The number of rotatable bonds is 7. The van der Waals surface area contributed by atoms with Gasteiger partial charge in [0.1, 0.15) is 12.4 Å². The molecule has 0 saturated carbocycles. The second-order valence-electron chi connectivity index (χ2n) is 9.27. The fraction of sp³-hybridized carbons (Fsp3) is 0.345. The van der Waals surface area contributed by atoms with Crippen molar-refractivity contribution in [2.75, 3.05) is 25.4 Å². The lowest BCUT2D eigenvalue weighted by Crippen LogP contribution is -2.35. The van der Waals surface area contributed by atoms with Crippen LogP contribution in [-0.4, -0.2) is 41.4 Å². The lowest BCUT2D eigenvalue weighted by atomic mass is 9.90. The minimum atomic E-state index is -0.901. The number of carboxylic acid groups (broad SMARTS) is 1. The van der Waals surface area contributed by atoms with Gasteiger partial charge in [-0.15, -0.1) is 11.8 Å². The lowest BCUT2D eigenvalue weighted by molar-refractivity contribution is 0.0696. The number of aromatic carboxylic acids is 1. The molecule has 3 aromatic carbocycles. The minimum absolute atomic E-state index is 0.0728. The first-order valence-corrected chi connectivity index (χ1v) is 13.2. The molecule has 176 valence electrons. The second kappa shape index (κ2) is 10.7. The summed E-state index contributed by atoms with van der Waals surface area (Å²) in [5.74, 6) is 1.67. The normalized spacial score (nSPS) is 18.4. The van der Waals surface area contributed by atoms with Gasteiger partial charge in [-0.3, -0.25) is 0 Å². The van der Waals surface area contributed by atoms with Crippen LogP contribution in [0.1, 0.15) is 50.7 Å². The van der Waals surface area contributed by atoms with Gasteiger partial charge in [-0.2, -0.15) is 0 Å². The number of piperidine rings is 1. The number of fused-ring (bicyclic) bond motifs is 2. The number of carbonyl (C=O) groups is 1. The van der Waals surface area contributed by atoms with E-state index in [-0.39, 0.29) is 5.25 Å². The van der Waals surface area contributed by atoms with Gasteiger partial charge in [-0.25, -0.2) is 4.79 Å². The third-order valence-electron chi connectivity index (χ3n) is 7.03. The van der Waals surface area contributed by atoms with Crippen LogP contribution in [0.2, 0.25) is 0 Å². The van der Waals surface area contributed by atoms with Crippen molar-refractivity contribution in [2.45, 2.75) is 31.1 Å². The Morgan fingerprint density at radius 2 is 1.74 bits per heavy atom. The average Bonchev–Trinajstić information content (AvgIpc) is 3.02. The summed E-state index contributed by atoms with van der Waals surface area (Å²) in [5, 5.41) is 9.62. The van der Waals surface area contributed by atoms with Crippen molar-refractivity contribution in [1.82, 2.24) is 4.90 Å². The first-order chi connectivity index (χ1) is 16.7. The van der Waals surface area contributed by atoms with Crippen molar-refractivity contribution >= 4 is 17.7 Å². The van der Waals surface area contributed by atoms with Crippen LogP contribution in [0.5, 0.6) is 5.75 Å². The Morgan fingerprint density at radius 3 is 2.53 bits per heavy atom. The van der Waals surface area contributed by atoms with Gasteiger partial charge in [0.25, 0.3) is 0 Å². The number of carboxylic acids is 1. The monoisotopic (exact) mass is 473 g/mol. The predicted octanol–water partition coefficient (Wildman–Crippen LogP) is 6.05. The smallest absolute Gasteiger partial charge is 0.335 e. The van der Waals surface area contributed by atoms with E-state index in [4.69, 9.17) is 4.74 Å². The molecule has 0 aromatic heterocycles. The third-order valence-corrected chi connectivity index (χ3v) is 8.29. The lowest BCUT2D eigenvalue weighted by Gasteiger charge is -2.32. The highest BCUT2D eigenvalue weighted by Gasteiger charge is 2.27. The van der Waals surface area contributed by atoms with Crippen molar-refractivity contribution in [3.63, 3.8) is 0 Å². The molecule has 0 bridgehead atoms. The molecule has 1 saturated heterocycles. The maximum atomic E-state index is 11.6. The molecule has 0 radical (unpaired) electrons. The second-order valence-corrected chi connectivity index (χ2v) is 10.5. The SMILES string of the molecule is O=C(O)c1ccc2c(c1)[C@H](SCCN1CCC(Cc3ccccc3)CC1)c1ccccc1CO2. The molecule has 3 aromatic rings. The summed E-state index contributed by atoms with van der Waals surface area (Å²) in [4.78, 5) is 14.2. The van der Waals surface area contributed by atoms with E-state index in [2.05, 4.69) is 53.4 Å². The minimum Gasteiger partial charge on any atom is -0.489 e. The zero-order valence-corrected chi connectivity index (χ0v) is 20.2. The standard InChI is InChI=1S/C29H31NO3S/c31-29(32)23-10-11-27-26(19-23)28(25-9-5-4-8-24(25)20-33-27)34-17-16-30-14-12-22(13-15-30)18-21-6-2-1-3-7-21/h1-11,19,22,28H,12-18,20H2,(H,31,32)/t28-/m1/s1. The number of thioether (sulfide) groups is 1. The number of nitrogens with zero attached hydrogens (tertiary/aromatic N) is 1. The van der Waals surface area contributed by atoms with Crippen molar-refractivity contribution in [3.8, 4) is 5.75 Å². The largest absolute Gasteiger partial charge is 0.489 e. The molecule has 2 aliphatic heterocycles. The van der Waals surface area contributed by atoms with E-state index >= 15 is 0 Å². The molecule has 2 heterocycles. The molecule has 0 amide bonds. The predicted molar refractivity (Wildman–Crippen MR) is 138 cm³/mol. The molecule has 0 spiro atoms. The third kappa shape index (κ3) is 5.31. The molecule has 2 aliphatic rings. The molecular weight excluding hydrogens is 442 g/mol. The number of benzene rings is 3. The van der Waals surface area contributed by atoms with Gasteiger partial charge in [0.2, 0.25) is 0 Å². The van der Waals surface area contributed by atoms with Gasteiger partial charge in [0.05, 0.1) is 10.8 Å². The summed E-state index contributed by atoms with van der Waals surface area (Å²) < 4.78 is 6.08. The van der Waals surface area contributed by atoms with Gasteiger partial charge in [0.15, 0.2) is 0 Å². The molecule has 5 rings (SSSR count). The van der Waals surface area contributed by atoms with Crippen LogP contribution in [0.15, 0.2) is 72.8 Å². The summed E-state index contributed by atoms with van der Waals surface area (Å²) in [7, 11) is 0. The Hall–Kier alpha value is -2.76. The number of hydrogen-bond donors (Lipinski definition) is 1. The summed E-state index contributed by atoms with van der Waals surface area (Å²) in [6.07, 6.45) is 3.69. The van der Waals surface area contributed by atoms with Crippen molar-refractivity contribution in [3.05, 3.63) is 101 Å². The summed E-state index contributed by atoms with van der Waals surface area (Å²) in [6.45, 7) is 3.88. The number of likely N-dealkylation sites (tertiary alicyclic amines) is 1. The van der Waals surface area contributed by atoms with Gasteiger partial charge < -0.3 is 14.7 Å². The van der Waals surface area contributed by atoms with E-state index in [0.717, 1.165) is 42.6 Å². The summed E-state index contributed by atoms with van der Waals surface area (Å²) in [5.41, 5.74) is 5.14. The van der Waals surface area contributed by atoms with Gasteiger partial charge in [-0.1, -0.05) is 54.6 Å². The van der Waals surface area contributed by atoms with Crippen LogP contribution < -0.4 is 4.74 Å². The Morgan fingerprint density at radius 1 is 0.971 bits per heavy atom. The number of ether oxygens (including phenoxy) is 1. The maximum absolute atomic E-state index is 11.6. The van der Waals surface area contributed by atoms with Crippen LogP contribution in [0, 0.1) is 5.92 Å². The van der Waals surface area contributed by atoms with Gasteiger partial charge >= 0.3 is 5.97 Å². The van der Waals surface area contributed by atoms with Gasteiger partial charge in [-0.05, 0) is 73.2 Å². The molecule has 1 N–H and O–H groups in total. The Balaban J connectivity index is 1.23. The topological polar surface area (TPSA) is 49.8 Å². The van der Waals surface area contributed by atoms with Crippen LogP contribution in [0.4, 0.5) is 0 Å². The highest BCUT2D eigenvalue weighted by Crippen LogP contribution is 2.44. The van der Waals surface area contributed by atoms with Crippen molar-refractivity contribution < 1.29 is 14.6 Å². The van der Waals surface area contributed by atoms with E-state index in [1.54, 1.807) is 12.1 Å². The van der Waals surface area contributed by atoms with Crippen LogP contribution in [0.3, 0.4) is 0 Å². The molecule has 0 aliphatic carbocycles. The average molecular weight is 474 g/mol. The van der Waals surface area contributed by atoms with E-state index < -0.39 is 5.97 Å². The highest BCUT2D eigenvalue weighted by molar-refractivity contribution is 7.99. The summed E-state index contributed by atoms with van der Waals surface area (Å²) in [6, 6.07) is 24.5. The van der Waals surface area contributed by atoms with Crippen LogP contribution in [0.25, 0.3) is 0 Å².